The summed E-state index contributed by atoms with van der Waals surface area (Å²) in [7, 11) is 5.92. The minimum atomic E-state index is -0.184. The van der Waals surface area contributed by atoms with Crippen molar-refractivity contribution in [2.24, 2.45) is 0 Å². The Morgan fingerprint density at radius 1 is 0.882 bits per heavy atom. The number of ether oxygens (including phenoxy) is 4. The summed E-state index contributed by atoms with van der Waals surface area (Å²) >= 11 is 0. The summed E-state index contributed by atoms with van der Waals surface area (Å²) in [6, 6.07) is 1.62. The van der Waals surface area contributed by atoms with Crippen LogP contribution in [0.15, 0.2) is 6.07 Å². The van der Waals surface area contributed by atoms with Crippen molar-refractivity contribution in [2.75, 3.05) is 28.4 Å². The Morgan fingerprint density at radius 2 is 1.29 bits per heavy atom. The van der Waals surface area contributed by atoms with Gasteiger partial charge >= 0.3 is 0 Å². The third-order valence-electron chi connectivity index (χ3n) is 2.36. The molecular formula is C12H16O5. The Labute approximate surface area is 100 Å². The maximum atomic E-state index is 11.7. The minimum Gasteiger partial charge on any atom is -0.493 e. The van der Waals surface area contributed by atoms with Gasteiger partial charge in [0, 0.05) is 6.07 Å². The molecule has 0 aliphatic rings. The van der Waals surface area contributed by atoms with Gasteiger partial charge in [-0.25, -0.2) is 0 Å². The lowest BCUT2D eigenvalue weighted by Crippen LogP contribution is -2.05. The van der Waals surface area contributed by atoms with Crippen LogP contribution in [0.3, 0.4) is 0 Å². The van der Waals surface area contributed by atoms with Crippen LogP contribution in [-0.4, -0.2) is 34.2 Å². The third kappa shape index (κ3) is 2.27. The molecule has 0 saturated carbocycles. The fourth-order valence-corrected chi connectivity index (χ4v) is 1.63. The van der Waals surface area contributed by atoms with Crippen LogP contribution in [-0.2, 0) is 0 Å². The molecule has 5 nitrogen and oxygen atoms in total. The second-order valence-corrected chi connectivity index (χ2v) is 3.28. The molecule has 0 amide bonds. The summed E-state index contributed by atoms with van der Waals surface area (Å²) in [5, 5.41) is 0. The maximum Gasteiger partial charge on any atom is 0.175 e. The summed E-state index contributed by atoms with van der Waals surface area (Å²) in [6.07, 6.45) is 0. The van der Waals surface area contributed by atoms with Gasteiger partial charge in [0.1, 0.15) is 5.56 Å². The molecular weight excluding hydrogens is 224 g/mol. The number of Topliss-reactive ketones (excluding diaryl/α,β-unsaturated/α-hetero) is 1. The number of hydrogen-bond donors (Lipinski definition) is 0. The van der Waals surface area contributed by atoms with Gasteiger partial charge in [-0.2, -0.15) is 0 Å². The van der Waals surface area contributed by atoms with Gasteiger partial charge in [0.05, 0.1) is 28.4 Å². The third-order valence-corrected chi connectivity index (χ3v) is 2.36. The van der Waals surface area contributed by atoms with Crippen molar-refractivity contribution in [3.8, 4) is 23.0 Å². The molecule has 0 saturated heterocycles. The number of rotatable bonds is 5. The first kappa shape index (κ1) is 13.2. The van der Waals surface area contributed by atoms with E-state index in [0.717, 1.165) is 0 Å². The standard InChI is InChI=1S/C12H16O5/c1-7(13)10-11(16-4)8(14-2)6-9(15-3)12(10)17-5/h6H,1-5H3. The first-order valence-electron chi connectivity index (χ1n) is 4.98. The van der Waals surface area contributed by atoms with Crippen molar-refractivity contribution >= 4 is 5.78 Å². The van der Waals surface area contributed by atoms with E-state index in [-0.39, 0.29) is 5.78 Å². The molecule has 0 heterocycles. The van der Waals surface area contributed by atoms with Gasteiger partial charge in [-0.05, 0) is 6.92 Å². The van der Waals surface area contributed by atoms with Crippen LogP contribution in [0.5, 0.6) is 23.0 Å². The second kappa shape index (κ2) is 5.43. The SMILES string of the molecule is COc1cc(OC)c(OC)c(C(C)=O)c1OC. The minimum absolute atomic E-state index is 0.184. The highest BCUT2D eigenvalue weighted by molar-refractivity contribution is 6.01. The Hall–Kier alpha value is -1.91. The predicted molar refractivity (Wildman–Crippen MR) is 62.7 cm³/mol. The molecule has 0 radical (unpaired) electrons. The molecule has 1 aromatic carbocycles. The lowest BCUT2D eigenvalue weighted by molar-refractivity contribution is 0.101. The topological polar surface area (TPSA) is 54.0 Å². The largest absolute Gasteiger partial charge is 0.493 e. The van der Waals surface area contributed by atoms with Crippen LogP contribution in [0.25, 0.3) is 0 Å². The average Bonchev–Trinajstić information content (AvgIpc) is 2.35. The Kier molecular flexibility index (Phi) is 4.20. The van der Waals surface area contributed by atoms with Crippen molar-refractivity contribution < 1.29 is 23.7 Å². The molecule has 0 aliphatic carbocycles. The van der Waals surface area contributed by atoms with E-state index in [1.54, 1.807) is 6.07 Å². The van der Waals surface area contributed by atoms with Gasteiger partial charge in [-0.1, -0.05) is 0 Å². The Balaban J connectivity index is 3.63. The molecule has 0 aliphatic heterocycles. The zero-order chi connectivity index (χ0) is 13.0. The first-order valence-corrected chi connectivity index (χ1v) is 4.98. The first-order chi connectivity index (χ1) is 8.10. The van der Waals surface area contributed by atoms with Crippen LogP contribution >= 0.6 is 0 Å². The summed E-state index contributed by atoms with van der Waals surface area (Å²) in [6.45, 7) is 1.43. The van der Waals surface area contributed by atoms with Crippen LogP contribution in [0.4, 0.5) is 0 Å². The molecule has 0 N–H and O–H groups in total. The average molecular weight is 240 g/mol. The van der Waals surface area contributed by atoms with Crippen LogP contribution in [0, 0.1) is 0 Å². The van der Waals surface area contributed by atoms with E-state index in [1.807, 2.05) is 0 Å². The van der Waals surface area contributed by atoms with Crippen molar-refractivity contribution in [3.63, 3.8) is 0 Å². The zero-order valence-corrected chi connectivity index (χ0v) is 10.6. The van der Waals surface area contributed by atoms with Crippen molar-refractivity contribution in [3.05, 3.63) is 11.6 Å². The van der Waals surface area contributed by atoms with Crippen molar-refractivity contribution in [1.82, 2.24) is 0 Å². The highest BCUT2D eigenvalue weighted by atomic mass is 16.5. The second-order valence-electron chi connectivity index (χ2n) is 3.28. The molecule has 0 atom stereocenters. The molecule has 94 valence electrons. The summed E-state index contributed by atoms with van der Waals surface area (Å²) in [5.41, 5.74) is 0.311. The van der Waals surface area contributed by atoms with E-state index in [1.165, 1.54) is 35.4 Å². The zero-order valence-electron chi connectivity index (χ0n) is 10.6. The van der Waals surface area contributed by atoms with E-state index in [9.17, 15) is 4.79 Å². The number of ketones is 1. The van der Waals surface area contributed by atoms with Crippen LogP contribution in [0.1, 0.15) is 17.3 Å². The van der Waals surface area contributed by atoms with E-state index < -0.39 is 0 Å². The van der Waals surface area contributed by atoms with Crippen LogP contribution < -0.4 is 18.9 Å². The van der Waals surface area contributed by atoms with Crippen LogP contribution in [0.2, 0.25) is 0 Å². The number of carbonyl (C=O) groups is 1. The Bertz CT molecular complexity index is 395. The predicted octanol–water partition coefficient (Wildman–Crippen LogP) is 1.92. The smallest absolute Gasteiger partial charge is 0.175 e. The number of methoxy groups -OCH3 is 4. The fraction of sp³-hybridized carbons (Fsp3) is 0.417. The van der Waals surface area contributed by atoms with E-state index in [2.05, 4.69) is 0 Å². The van der Waals surface area contributed by atoms with E-state index in [0.29, 0.717) is 28.6 Å². The van der Waals surface area contributed by atoms with E-state index in [4.69, 9.17) is 18.9 Å². The summed E-state index contributed by atoms with van der Waals surface area (Å²) in [4.78, 5) is 11.7. The maximum absolute atomic E-state index is 11.7. The normalized spacial score (nSPS) is 9.71. The number of hydrogen-bond acceptors (Lipinski definition) is 5. The molecule has 0 bridgehead atoms. The molecule has 0 unspecified atom stereocenters. The monoisotopic (exact) mass is 240 g/mol. The highest BCUT2D eigenvalue weighted by Crippen LogP contribution is 2.44. The van der Waals surface area contributed by atoms with Gasteiger partial charge in [-0.15, -0.1) is 0 Å². The summed E-state index contributed by atoms with van der Waals surface area (Å²) in [5.74, 6) is 1.36. The van der Waals surface area contributed by atoms with Crippen molar-refractivity contribution in [2.45, 2.75) is 6.92 Å². The van der Waals surface area contributed by atoms with Gasteiger partial charge in [0.2, 0.25) is 0 Å². The highest BCUT2D eigenvalue weighted by Gasteiger charge is 2.24. The molecule has 0 spiro atoms. The van der Waals surface area contributed by atoms with Gasteiger partial charge in [-0.3, -0.25) is 4.79 Å². The lowest BCUT2D eigenvalue weighted by Gasteiger charge is -2.17. The van der Waals surface area contributed by atoms with E-state index >= 15 is 0 Å². The number of carbonyl (C=O) groups excluding carboxylic acids is 1. The van der Waals surface area contributed by atoms with Gasteiger partial charge in [0.25, 0.3) is 0 Å². The number of benzene rings is 1. The molecule has 17 heavy (non-hydrogen) atoms. The molecule has 1 aromatic rings. The summed E-state index contributed by atoms with van der Waals surface area (Å²) < 4.78 is 20.7. The van der Waals surface area contributed by atoms with Gasteiger partial charge in [0.15, 0.2) is 28.8 Å². The fourth-order valence-electron chi connectivity index (χ4n) is 1.63. The molecule has 0 aromatic heterocycles. The Morgan fingerprint density at radius 3 is 1.53 bits per heavy atom. The van der Waals surface area contributed by atoms with Crippen molar-refractivity contribution in [1.29, 1.82) is 0 Å². The molecule has 1 rings (SSSR count). The lowest BCUT2D eigenvalue weighted by atomic mass is 10.1. The quantitative estimate of drug-likeness (QED) is 0.736. The van der Waals surface area contributed by atoms with Gasteiger partial charge < -0.3 is 18.9 Å². The molecule has 5 heteroatoms. The molecule has 0 fully saturated rings.